The maximum absolute atomic E-state index is 12.2. The lowest BCUT2D eigenvalue weighted by Gasteiger charge is -2.31. The van der Waals surface area contributed by atoms with E-state index in [1.54, 1.807) is 12.3 Å². The van der Waals surface area contributed by atoms with Gasteiger partial charge in [-0.15, -0.1) is 0 Å². The summed E-state index contributed by atoms with van der Waals surface area (Å²) in [6.45, 7) is 2.28. The first kappa shape index (κ1) is 17.2. The summed E-state index contributed by atoms with van der Waals surface area (Å²) in [6, 6.07) is 14.3. The average Bonchev–Trinajstić information content (AvgIpc) is 3.08. The summed E-state index contributed by atoms with van der Waals surface area (Å²) in [6.07, 6.45) is 3.81. The van der Waals surface area contributed by atoms with Crippen LogP contribution in [-0.4, -0.2) is 40.4 Å². The highest BCUT2D eigenvalue weighted by molar-refractivity contribution is 9.10. The van der Waals surface area contributed by atoms with E-state index in [-0.39, 0.29) is 5.91 Å². The van der Waals surface area contributed by atoms with Gasteiger partial charge in [-0.25, -0.2) is 4.98 Å². The Bertz CT molecular complexity index is 865. The van der Waals surface area contributed by atoms with Gasteiger partial charge in [0.15, 0.2) is 0 Å². The summed E-state index contributed by atoms with van der Waals surface area (Å²) in [5.74, 6) is 1.12. The van der Waals surface area contributed by atoms with Crippen molar-refractivity contribution in [2.24, 2.45) is 0 Å². The van der Waals surface area contributed by atoms with Crippen LogP contribution in [-0.2, 0) is 4.79 Å². The van der Waals surface area contributed by atoms with Crippen molar-refractivity contribution in [2.75, 3.05) is 25.0 Å². The van der Waals surface area contributed by atoms with Crippen molar-refractivity contribution < 1.29 is 4.79 Å². The Labute approximate surface area is 160 Å². The number of nitrogens with zero attached hydrogens (tertiary/aromatic N) is 2. The number of anilines is 1. The fraction of sp³-hybridized carbons (Fsp3) is 0.300. The standard InChI is InChI=1S/C20H21BrN4O/c21-16-5-6-19(22-12-16)24-20(26)13-25-9-7-14(8-10-25)18-11-15-3-1-2-4-17(15)23-18/h1-6,11-12,14,23H,7-10,13H2,(H,22,24,26). The lowest BCUT2D eigenvalue weighted by Crippen LogP contribution is -2.38. The zero-order chi connectivity index (χ0) is 17.9. The van der Waals surface area contributed by atoms with E-state index >= 15 is 0 Å². The molecule has 2 aromatic heterocycles. The topological polar surface area (TPSA) is 61.0 Å². The molecule has 0 aliphatic carbocycles. The maximum Gasteiger partial charge on any atom is 0.239 e. The van der Waals surface area contributed by atoms with E-state index in [0.29, 0.717) is 18.3 Å². The Morgan fingerprint density at radius 1 is 1.23 bits per heavy atom. The minimum Gasteiger partial charge on any atom is -0.358 e. The van der Waals surface area contributed by atoms with Gasteiger partial charge in [-0.3, -0.25) is 9.69 Å². The number of amides is 1. The lowest BCUT2D eigenvalue weighted by molar-refractivity contribution is -0.117. The molecule has 0 radical (unpaired) electrons. The van der Waals surface area contributed by atoms with Crippen LogP contribution in [0, 0.1) is 0 Å². The van der Waals surface area contributed by atoms with Gasteiger partial charge >= 0.3 is 0 Å². The first-order valence-electron chi connectivity index (χ1n) is 8.89. The minimum absolute atomic E-state index is 0.0103. The van der Waals surface area contributed by atoms with E-state index in [1.165, 1.54) is 16.6 Å². The predicted molar refractivity (Wildman–Crippen MR) is 107 cm³/mol. The molecule has 5 nitrogen and oxygen atoms in total. The van der Waals surface area contributed by atoms with Crippen molar-refractivity contribution >= 4 is 38.6 Å². The van der Waals surface area contributed by atoms with E-state index < -0.39 is 0 Å². The molecule has 1 aromatic carbocycles. The minimum atomic E-state index is -0.0103. The van der Waals surface area contributed by atoms with Crippen LogP contribution in [0.2, 0.25) is 0 Å². The highest BCUT2D eigenvalue weighted by atomic mass is 79.9. The number of carbonyl (C=O) groups is 1. The van der Waals surface area contributed by atoms with Gasteiger partial charge in [-0.1, -0.05) is 18.2 Å². The quantitative estimate of drug-likeness (QED) is 0.676. The molecule has 0 saturated carbocycles. The molecule has 0 unspecified atom stereocenters. The van der Waals surface area contributed by atoms with E-state index in [0.717, 1.165) is 30.4 Å². The summed E-state index contributed by atoms with van der Waals surface area (Å²) >= 11 is 3.34. The Morgan fingerprint density at radius 3 is 2.77 bits per heavy atom. The van der Waals surface area contributed by atoms with Gasteiger partial charge in [0.2, 0.25) is 5.91 Å². The number of H-pyrrole nitrogens is 1. The molecular formula is C20H21BrN4O. The van der Waals surface area contributed by atoms with Crippen LogP contribution in [0.1, 0.15) is 24.5 Å². The Hall–Kier alpha value is -2.18. The van der Waals surface area contributed by atoms with Gasteiger partial charge in [0.25, 0.3) is 0 Å². The molecule has 3 aromatic rings. The highest BCUT2D eigenvalue weighted by Gasteiger charge is 2.23. The van der Waals surface area contributed by atoms with E-state index in [1.807, 2.05) is 6.07 Å². The van der Waals surface area contributed by atoms with Gasteiger partial charge in [-0.2, -0.15) is 0 Å². The van der Waals surface area contributed by atoms with Gasteiger partial charge in [0.1, 0.15) is 5.82 Å². The lowest BCUT2D eigenvalue weighted by atomic mass is 9.93. The number of carbonyl (C=O) groups excluding carboxylic acids is 1. The van der Waals surface area contributed by atoms with Crippen molar-refractivity contribution in [3.63, 3.8) is 0 Å². The van der Waals surface area contributed by atoms with Crippen molar-refractivity contribution in [1.29, 1.82) is 0 Å². The number of pyridine rings is 1. The second-order valence-corrected chi connectivity index (χ2v) is 7.69. The maximum atomic E-state index is 12.2. The fourth-order valence-electron chi connectivity index (χ4n) is 3.55. The molecule has 2 N–H and O–H groups in total. The third-order valence-electron chi connectivity index (χ3n) is 4.94. The Balaban J connectivity index is 1.30. The molecular weight excluding hydrogens is 392 g/mol. The first-order valence-corrected chi connectivity index (χ1v) is 9.68. The second-order valence-electron chi connectivity index (χ2n) is 6.77. The largest absolute Gasteiger partial charge is 0.358 e. The third kappa shape index (κ3) is 3.97. The molecule has 1 aliphatic rings. The summed E-state index contributed by atoms with van der Waals surface area (Å²) in [5.41, 5.74) is 2.51. The second kappa shape index (κ2) is 7.60. The van der Waals surface area contributed by atoms with Gasteiger partial charge < -0.3 is 10.3 Å². The molecule has 6 heteroatoms. The van der Waals surface area contributed by atoms with Crippen molar-refractivity contribution in [3.05, 3.63) is 58.8 Å². The van der Waals surface area contributed by atoms with Gasteiger partial charge in [0, 0.05) is 27.8 Å². The van der Waals surface area contributed by atoms with Gasteiger partial charge in [-0.05, 0) is 71.5 Å². The van der Waals surface area contributed by atoms with Crippen molar-refractivity contribution in [2.45, 2.75) is 18.8 Å². The van der Waals surface area contributed by atoms with Crippen LogP contribution < -0.4 is 5.32 Å². The number of hydrogen-bond acceptors (Lipinski definition) is 3. The van der Waals surface area contributed by atoms with E-state index in [4.69, 9.17) is 0 Å². The number of hydrogen-bond donors (Lipinski definition) is 2. The number of rotatable bonds is 4. The van der Waals surface area contributed by atoms with Crippen molar-refractivity contribution in [3.8, 4) is 0 Å². The molecule has 4 rings (SSSR count). The zero-order valence-electron chi connectivity index (χ0n) is 14.4. The van der Waals surface area contributed by atoms with E-state index in [2.05, 4.69) is 66.4 Å². The first-order chi connectivity index (χ1) is 12.7. The Kier molecular flexibility index (Phi) is 5.04. The molecule has 0 bridgehead atoms. The molecule has 1 fully saturated rings. The Morgan fingerprint density at radius 2 is 2.04 bits per heavy atom. The van der Waals surface area contributed by atoms with Crippen LogP contribution in [0.25, 0.3) is 10.9 Å². The number of fused-ring (bicyclic) bond motifs is 1. The molecule has 134 valence electrons. The van der Waals surface area contributed by atoms with Crippen LogP contribution in [0.4, 0.5) is 5.82 Å². The monoisotopic (exact) mass is 412 g/mol. The molecule has 1 aliphatic heterocycles. The van der Waals surface area contributed by atoms with Crippen LogP contribution in [0.5, 0.6) is 0 Å². The SMILES string of the molecule is O=C(CN1CCC(c2cc3ccccc3[nH]2)CC1)Nc1ccc(Br)cn1. The normalized spacial score (nSPS) is 16.0. The van der Waals surface area contributed by atoms with Crippen LogP contribution in [0.3, 0.4) is 0 Å². The third-order valence-corrected chi connectivity index (χ3v) is 5.41. The molecule has 3 heterocycles. The summed E-state index contributed by atoms with van der Waals surface area (Å²) < 4.78 is 0.898. The molecule has 0 atom stereocenters. The number of para-hydroxylation sites is 1. The number of aromatic amines is 1. The number of piperidine rings is 1. The number of benzene rings is 1. The molecule has 1 saturated heterocycles. The van der Waals surface area contributed by atoms with Gasteiger partial charge in [0.05, 0.1) is 6.54 Å². The zero-order valence-corrected chi connectivity index (χ0v) is 16.0. The number of halogens is 1. The summed E-state index contributed by atoms with van der Waals surface area (Å²) in [4.78, 5) is 22.2. The fourth-order valence-corrected chi connectivity index (χ4v) is 3.79. The van der Waals surface area contributed by atoms with Crippen LogP contribution in [0.15, 0.2) is 53.1 Å². The molecule has 0 spiro atoms. The molecule has 26 heavy (non-hydrogen) atoms. The highest BCUT2D eigenvalue weighted by Crippen LogP contribution is 2.29. The number of likely N-dealkylation sites (tertiary alicyclic amines) is 1. The smallest absolute Gasteiger partial charge is 0.239 e. The summed E-state index contributed by atoms with van der Waals surface area (Å²) in [5, 5.41) is 4.13. The van der Waals surface area contributed by atoms with Crippen LogP contribution >= 0.6 is 15.9 Å². The average molecular weight is 413 g/mol. The molecule has 1 amide bonds. The number of nitrogens with one attached hydrogen (secondary N) is 2. The predicted octanol–water partition coefficient (Wildman–Crippen LogP) is 4.14. The van der Waals surface area contributed by atoms with Crippen molar-refractivity contribution in [1.82, 2.24) is 14.9 Å². The van der Waals surface area contributed by atoms with E-state index in [9.17, 15) is 4.79 Å². The number of aromatic nitrogens is 2. The summed E-state index contributed by atoms with van der Waals surface area (Å²) in [7, 11) is 0.